The van der Waals surface area contributed by atoms with Crippen LogP contribution in [0.25, 0.3) is 11.3 Å². The van der Waals surface area contributed by atoms with Crippen LogP contribution in [0.4, 0.5) is 5.13 Å². The Balaban J connectivity index is 1.63. The third kappa shape index (κ3) is 7.04. The fraction of sp³-hybridized carbons (Fsp3) is 0.360. The molecule has 1 unspecified atom stereocenters. The van der Waals surface area contributed by atoms with Crippen molar-refractivity contribution in [1.29, 1.82) is 0 Å². The summed E-state index contributed by atoms with van der Waals surface area (Å²) in [4.78, 5) is 17.9. The molecule has 6 nitrogen and oxygen atoms in total. The number of hydrogen-bond donors (Lipinski definition) is 1. The van der Waals surface area contributed by atoms with Gasteiger partial charge in [-0.1, -0.05) is 26.7 Å². The number of nitrogens with zero attached hydrogens (tertiary/aromatic N) is 2. The van der Waals surface area contributed by atoms with E-state index < -0.39 is 11.4 Å². The van der Waals surface area contributed by atoms with Crippen molar-refractivity contribution in [1.82, 2.24) is 9.29 Å². The maximum atomic E-state index is 13.0. The Morgan fingerprint density at radius 3 is 2.27 bits per heavy atom. The summed E-state index contributed by atoms with van der Waals surface area (Å²) in [6.07, 6.45) is 4.16. The van der Waals surface area contributed by atoms with Crippen molar-refractivity contribution in [3.63, 3.8) is 0 Å². The number of nitrogens with one attached hydrogen (secondary N) is 1. The first-order chi connectivity index (χ1) is 16.0. The molecule has 1 aromatic heterocycles. The van der Waals surface area contributed by atoms with Crippen molar-refractivity contribution in [2.45, 2.75) is 44.4 Å². The van der Waals surface area contributed by atoms with Crippen LogP contribution in [0.1, 0.15) is 49.9 Å². The monoisotopic (exact) mass is 485 g/mol. The molecular weight excluding hydrogens is 454 g/mol. The third-order valence-corrected chi connectivity index (χ3v) is 7.45. The molecule has 0 spiro atoms. The van der Waals surface area contributed by atoms with Gasteiger partial charge < -0.3 is 9.29 Å². The maximum Gasteiger partial charge on any atom is 0.257 e. The summed E-state index contributed by atoms with van der Waals surface area (Å²) >= 11 is 0.153. The zero-order valence-corrected chi connectivity index (χ0v) is 21.0. The number of hydrogen-bond acceptors (Lipinski definition) is 6. The normalized spacial score (nSPS) is 12.0. The number of unbranched alkanes of at least 4 members (excludes halogenated alkanes) is 2. The molecule has 0 aliphatic carbocycles. The molecule has 3 aromatic rings. The summed E-state index contributed by atoms with van der Waals surface area (Å²) in [5.74, 6) is 0.544. The predicted molar refractivity (Wildman–Crippen MR) is 136 cm³/mol. The van der Waals surface area contributed by atoms with Gasteiger partial charge in [0.15, 0.2) is 10.0 Å². The fourth-order valence-electron chi connectivity index (χ4n) is 3.21. The highest BCUT2D eigenvalue weighted by atomic mass is 32.2. The smallest absolute Gasteiger partial charge is 0.257 e. The second-order valence-electron chi connectivity index (χ2n) is 7.63. The molecule has 176 valence electrons. The number of ether oxygens (including phenoxy) is 1. The first-order valence-electron chi connectivity index (χ1n) is 11.2. The zero-order chi connectivity index (χ0) is 23.6. The highest BCUT2D eigenvalue weighted by Crippen LogP contribution is 2.27. The summed E-state index contributed by atoms with van der Waals surface area (Å²) in [6.45, 7) is 5.89. The molecule has 1 atom stereocenters. The zero-order valence-electron chi connectivity index (χ0n) is 19.4. The van der Waals surface area contributed by atoms with Crippen LogP contribution >= 0.6 is 11.3 Å². The molecule has 0 saturated carbocycles. The van der Waals surface area contributed by atoms with Crippen molar-refractivity contribution >= 4 is 33.7 Å². The highest BCUT2D eigenvalue weighted by molar-refractivity contribution is 7.89. The molecule has 3 rings (SSSR count). The molecule has 0 saturated heterocycles. The van der Waals surface area contributed by atoms with Crippen molar-refractivity contribution in [2.24, 2.45) is 0 Å². The number of thiazole rings is 1. The van der Waals surface area contributed by atoms with E-state index in [4.69, 9.17) is 4.74 Å². The number of carbonyl (C=O) groups excluding carboxylic acids is 1. The number of carbonyl (C=O) groups is 1. The number of rotatable bonds is 12. The lowest BCUT2D eigenvalue weighted by Gasteiger charge is -2.23. The van der Waals surface area contributed by atoms with E-state index in [-0.39, 0.29) is 5.91 Å². The first-order valence-corrected chi connectivity index (χ1v) is 13.2. The van der Waals surface area contributed by atoms with Crippen molar-refractivity contribution in [2.75, 3.05) is 25.5 Å². The molecule has 0 bridgehead atoms. The molecular formula is C25H31N3O3S2. The van der Waals surface area contributed by atoms with E-state index in [1.165, 1.54) is 11.3 Å². The SMILES string of the molecule is CCCCN(CCCC)[S+]([O-])c1ccc(C(=O)Nc2nc(-c3ccc(OC)cc3)cs2)cc1. The first kappa shape index (κ1) is 25.2. The predicted octanol–water partition coefficient (Wildman–Crippen LogP) is 6.00. The summed E-state index contributed by atoms with van der Waals surface area (Å²) in [5.41, 5.74) is 2.25. The summed E-state index contributed by atoms with van der Waals surface area (Å²) in [7, 11) is 1.63. The van der Waals surface area contributed by atoms with Gasteiger partial charge >= 0.3 is 0 Å². The van der Waals surface area contributed by atoms with Gasteiger partial charge in [-0.3, -0.25) is 10.1 Å². The van der Waals surface area contributed by atoms with E-state index in [0.29, 0.717) is 10.7 Å². The Labute approximate surface area is 203 Å². The molecule has 0 aliphatic rings. The largest absolute Gasteiger partial charge is 0.593 e. The average molecular weight is 486 g/mol. The number of benzene rings is 2. The standard InChI is InChI=1S/C25H31N3O3S2/c1-4-6-16-28(17-7-5-2)33(30)22-14-10-20(11-15-22)24(29)27-25-26-23(18-32-25)19-8-12-21(31-3)13-9-19/h8-15,18H,4-7,16-17H2,1-3H3,(H,26,27,29). The van der Waals surface area contributed by atoms with E-state index in [2.05, 4.69) is 24.1 Å². The van der Waals surface area contributed by atoms with E-state index in [9.17, 15) is 9.35 Å². The van der Waals surface area contributed by atoms with Gasteiger partial charge in [0.25, 0.3) is 5.91 Å². The Bertz CT molecular complexity index is 998. The molecule has 1 amide bonds. The van der Waals surface area contributed by atoms with E-state index in [1.54, 1.807) is 31.4 Å². The van der Waals surface area contributed by atoms with Crippen molar-refractivity contribution in [3.05, 3.63) is 59.5 Å². The van der Waals surface area contributed by atoms with Crippen molar-refractivity contribution < 1.29 is 14.1 Å². The van der Waals surface area contributed by atoms with Gasteiger partial charge in [0.1, 0.15) is 5.75 Å². The van der Waals surface area contributed by atoms with Crippen LogP contribution in [0, 0.1) is 0 Å². The molecule has 1 heterocycles. The number of amides is 1. The second-order valence-corrected chi connectivity index (χ2v) is 9.97. The van der Waals surface area contributed by atoms with E-state index in [0.717, 1.165) is 60.7 Å². The number of aromatic nitrogens is 1. The number of methoxy groups -OCH3 is 1. The topological polar surface area (TPSA) is 77.5 Å². The molecule has 1 N–H and O–H groups in total. The van der Waals surface area contributed by atoms with Gasteiger partial charge in [-0.15, -0.1) is 15.6 Å². The van der Waals surface area contributed by atoms with Gasteiger partial charge in [0, 0.05) is 29.6 Å². The summed E-state index contributed by atoms with van der Waals surface area (Å²) in [6, 6.07) is 14.6. The van der Waals surface area contributed by atoms with Crippen LogP contribution in [-0.2, 0) is 11.4 Å². The fourth-order valence-corrected chi connectivity index (χ4v) is 5.18. The van der Waals surface area contributed by atoms with Crippen LogP contribution < -0.4 is 10.1 Å². The Kier molecular flexibility index (Phi) is 9.75. The van der Waals surface area contributed by atoms with Crippen LogP contribution in [0.3, 0.4) is 0 Å². The molecule has 2 aromatic carbocycles. The lowest BCUT2D eigenvalue weighted by atomic mass is 10.2. The lowest BCUT2D eigenvalue weighted by molar-refractivity contribution is 0.102. The van der Waals surface area contributed by atoms with Gasteiger partial charge in [0.05, 0.1) is 24.2 Å². The van der Waals surface area contributed by atoms with Crippen LogP contribution in [0.5, 0.6) is 5.75 Å². The van der Waals surface area contributed by atoms with Gasteiger partial charge in [-0.05, 0) is 61.4 Å². The molecule has 8 heteroatoms. The van der Waals surface area contributed by atoms with Gasteiger partial charge in [-0.25, -0.2) is 4.98 Å². The molecule has 33 heavy (non-hydrogen) atoms. The van der Waals surface area contributed by atoms with E-state index >= 15 is 0 Å². The summed E-state index contributed by atoms with van der Waals surface area (Å²) < 4.78 is 20.2. The lowest BCUT2D eigenvalue weighted by Crippen LogP contribution is -2.33. The highest BCUT2D eigenvalue weighted by Gasteiger charge is 2.22. The minimum atomic E-state index is -1.22. The van der Waals surface area contributed by atoms with Crippen LogP contribution in [-0.4, -0.2) is 39.9 Å². The Morgan fingerprint density at radius 1 is 1.06 bits per heavy atom. The number of anilines is 1. The average Bonchev–Trinajstić information content (AvgIpc) is 3.32. The molecule has 0 aliphatic heterocycles. The third-order valence-electron chi connectivity index (χ3n) is 5.19. The maximum absolute atomic E-state index is 13.0. The minimum absolute atomic E-state index is 0.239. The van der Waals surface area contributed by atoms with Crippen LogP contribution in [0.15, 0.2) is 58.8 Å². The Morgan fingerprint density at radius 2 is 1.70 bits per heavy atom. The van der Waals surface area contributed by atoms with Gasteiger partial charge in [0.2, 0.25) is 0 Å². The molecule has 0 radical (unpaired) electrons. The molecule has 0 fully saturated rings. The van der Waals surface area contributed by atoms with Gasteiger partial charge in [-0.2, -0.15) is 0 Å². The second kappa shape index (κ2) is 12.7. The summed E-state index contributed by atoms with van der Waals surface area (Å²) in [5, 5.41) is 5.29. The Hall–Kier alpha value is -2.39. The minimum Gasteiger partial charge on any atom is -0.593 e. The van der Waals surface area contributed by atoms with Crippen LogP contribution in [0.2, 0.25) is 0 Å². The van der Waals surface area contributed by atoms with E-state index in [1.807, 2.05) is 34.0 Å². The quantitative estimate of drug-likeness (QED) is 0.319. The van der Waals surface area contributed by atoms with Crippen molar-refractivity contribution in [3.8, 4) is 17.0 Å².